The van der Waals surface area contributed by atoms with Crippen LogP contribution in [-0.4, -0.2) is 22.0 Å². The molecular formula is C10H9BrN4O3S. The molecule has 0 atom stereocenters. The van der Waals surface area contributed by atoms with E-state index in [0.717, 1.165) is 8.66 Å². The zero-order valence-corrected chi connectivity index (χ0v) is 12.2. The maximum Gasteiger partial charge on any atom is 0.372 e. The van der Waals surface area contributed by atoms with Crippen molar-refractivity contribution >= 4 is 38.8 Å². The lowest BCUT2D eigenvalue weighted by molar-refractivity contribution is -0.385. The summed E-state index contributed by atoms with van der Waals surface area (Å²) in [6.07, 6.45) is 1.22. The van der Waals surface area contributed by atoms with Gasteiger partial charge in [-0.25, -0.2) is 4.98 Å². The van der Waals surface area contributed by atoms with Gasteiger partial charge in [-0.3, -0.25) is 10.1 Å². The monoisotopic (exact) mass is 344 g/mol. The van der Waals surface area contributed by atoms with E-state index in [1.165, 1.54) is 13.4 Å². The Morgan fingerprint density at radius 1 is 1.53 bits per heavy atom. The fraction of sp³-hybridized carbons (Fsp3) is 0.200. The van der Waals surface area contributed by atoms with Gasteiger partial charge in [0, 0.05) is 4.88 Å². The first kappa shape index (κ1) is 13.7. The number of thiophene rings is 1. The van der Waals surface area contributed by atoms with Crippen molar-refractivity contribution in [2.75, 3.05) is 12.4 Å². The molecule has 19 heavy (non-hydrogen) atoms. The third-order valence-electron chi connectivity index (χ3n) is 2.22. The van der Waals surface area contributed by atoms with E-state index in [0.29, 0.717) is 6.54 Å². The summed E-state index contributed by atoms with van der Waals surface area (Å²) in [7, 11) is 1.33. The molecule has 7 nitrogen and oxygen atoms in total. The van der Waals surface area contributed by atoms with Crippen molar-refractivity contribution in [3.8, 4) is 5.88 Å². The van der Waals surface area contributed by atoms with Gasteiger partial charge < -0.3 is 10.1 Å². The first-order chi connectivity index (χ1) is 9.11. The average molecular weight is 345 g/mol. The summed E-state index contributed by atoms with van der Waals surface area (Å²) in [4.78, 5) is 19.1. The molecule has 2 aromatic rings. The van der Waals surface area contributed by atoms with Gasteiger partial charge in [-0.05, 0) is 28.1 Å². The lowest BCUT2D eigenvalue weighted by atomic mass is 10.4. The highest BCUT2D eigenvalue weighted by atomic mass is 79.9. The molecule has 0 fully saturated rings. The molecule has 0 aromatic carbocycles. The molecule has 0 saturated heterocycles. The Morgan fingerprint density at radius 3 is 2.89 bits per heavy atom. The van der Waals surface area contributed by atoms with Gasteiger partial charge >= 0.3 is 5.69 Å². The highest BCUT2D eigenvalue weighted by Gasteiger charge is 2.23. The summed E-state index contributed by atoms with van der Waals surface area (Å²) in [6.45, 7) is 0.442. The number of ether oxygens (including phenoxy) is 1. The van der Waals surface area contributed by atoms with E-state index in [1.54, 1.807) is 11.3 Å². The van der Waals surface area contributed by atoms with E-state index in [9.17, 15) is 10.1 Å². The fourth-order valence-electron chi connectivity index (χ4n) is 1.42. The van der Waals surface area contributed by atoms with Gasteiger partial charge in [0.15, 0.2) is 0 Å². The molecule has 0 bridgehead atoms. The quantitative estimate of drug-likeness (QED) is 0.662. The molecule has 0 radical (unpaired) electrons. The third kappa shape index (κ3) is 3.18. The van der Waals surface area contributed by atoms with Crippen molar-refractivity contribution in [3.63, 3.8) is 0 Å². The summed E-state index contributed by atoms with van der Waals surface area (Å²) in [5.41, 5.74) is -0.263. The van der Waals surface area contributed by atoms with Crippen LogP contribution < -0.4 is 10.1 Å². The second-order valence-corrected chi connectivity index (χ2v) is 5.94. The van der Waals surface area contributed by atoms with Gasteiger partial charge in [-0.1, -0.05) is 0 Å². The second kappa shape index (κ2) is 5.93. The molecule has 0 aliphatic carbocycles. The summed E-state index contributed by atoms with van der Waals surface area (Å²) < 4.78 is 5.86. The lowest BCUT2D eigenvalue weighted by Gasteiger charge is -2.06. The van der Waals surface area contributed by atoms with Gasteiger partial charge in [-0.15, -0.1) is 11.3 Å². The van der Waals surface area contributed by atoms with Crippen LogP contribution in [0.4, 0.5) is 11.5 Å². The van der Waals surface area contributed by atoms with E-state index in [1.807, 2.05) is 12.1 Å². The van der Waals surface area contributed by atoms with Crippen molar-refractivity contribution in [2.24, 2.45) is 0 Å². The van der Waals surface area contributed by atoms with Crippen molar-refractivity contribution in [2.45, 2.75) is 6.54 Å². The molecule has 2 heterocycles. The highest BCUT2D eigenvalue weighted by molar-refractivity contribution is 9.11. The normalized spacial score (nSPS) is 10.2. The molecule has 0 spiro atoms. The predicted molar refractivity (Wildman–Crippen MR) is 74.6 cm³/mol. The van der Waals surface area contributed by atoms with E-state index in [4.69, 9.17) is 4.74 Å². The van der Waals surface area contributed by atoms with Crippen LogP contribution in [0, 0.1) is 10.1 Å². The van der Waals surface area contributed by atoms with Crippen molar-refractivity contribution in [1.82, 2.24) is 9.97 Å². The Balaban J connectivity index is 2.22. The summed E-state index contributed by atoms with van der Waals surface area (Å²) in [6, 6.07) is 3.84. The minimum atomic E-state index is -0.564. The smallest absolute Gasteiger partial charge is 0.372 e. The fourth-order valence-corrected chi connectivity index (χ4v) is 2.85. The number of nitro groups is 1. The van der Waals surface area contributed by atoms with Gasteiger partial charge in [0.2, 0.25) is 5.82 Å². The van der Waals surface area contributed by atoms with E-state index in [2.05, 4.69) is 31.2 Å². The number of hydrogen-bond acceptors (Lipinski definition) is 7. The van der Waals surface area contributed by atoms with E-state index < -0.39 is 4.92 Å². The zero-order valence-electron chi connectivity index (χ0n) is 9.79. The van der Waals surface area contributed by atoms with E-state index in [-0.39, 0.29) is 17.4 Å². The number of hydrogen-bond donors (Lipinski definition) is 1. The Bertz CT molecular complexity index is 604. The van der Waals surface area contributed by atoms with Crippen LogP contribution in [0.1, 0.15) is 4.88 Å². The third-order valence-corrected chi connectivity index (χ3v) is 3.85. The van der Waals surface area contributed by atoms with Crippen LogP contribution in [0.15, 0.2) is 22.2 Å². The molecule has 2 rings (SSSR count). The number of nitrogens with zero attached hydrogens (tertiary/aromatic N) is 3. The average Bonchev–Trinajstić information content (AvgIpc) is 2.81. The predicted octanol–water partition coefficient (Wildman–Crippen LogP) is 2.83. The Hall–Kier alpha value is -1.74. The standard InChI is InChI=1S/C10H9BrN4O3S/c1-18-10-8(15(16)17)9(13-5-14-10)12-4-6-2-3-7(11)19-6/h2-3,5H,4H2,1H3,(H,12,13,14). The summed E-state index contributed by atoms with van der Waals surface area (Å²) in [5, 5.41) is 13.9. The second-order valence-electron chi connectivity index (χ2n) is 3.40. The lowest BCUT2D eigenvalue weighted by Crippen LogP contribution is -2.06. The van der Waals surface area contributed by atoms with Crippen LogP contribution in [0.2, 0.25) is 0 Å². The first-order valence-corrected chi connectivity index (χ1v) is 6.74. The van der Waals surface area contributed by atoms with E-state index >= 15 is 0 Å². The van der Waals surface area contributed by atoms with Gasteiger partial charge in [0.05, 0.1) is 22.4 Å². The van der Waals surface area contributed by atoms with Crippen LogP contribution >= 0.6 is 27.3 Å². The topological polar surface area (TPSA) is 90.2 Å². The number of nitrogens with one attached hydrogen (secondary N) is 1. The zero-order chi connectivity index (χ0) is 13.8. The molecule has 0 aliphatic rings. The first-order valence-electron chi connectivity index (χ1n) is 5.13. The van der Waals surface area contributed by atoms with Crippen LogP contribution in [0.25, 0.3) is 0 Å². The minimum absolute atomic E-state index is 0.0603. The maximum absolute atomic E-state index is 11.0. The molecule has 2 aromatic heterocycles. The molecule has 100 valence electrons. The number of halogens is 1. The number of aromatic nitrogens is 2. The van der Waals surface area contributed by atoms with Crippen molar-refractivity contribution in [1.29, 1.82) is 0 Å². The molecule has 0 amide bonds. The van der Waals surface area contributed by atoms with Crippen LogP contribution in [-0.2, 0) is 6.54 Å². The number of rotatable bonds is 5. The molecule has 0 aliphatic heterocycles. The molecule has 9 heteroatoms. The van der Waals surface area contributed by atoms with Gasteiger partial charge in [0.25, 0.3) is 5.88 Å². The Labute approximate surface area is 120 Å². The van der Waals surface area contributed by atoms with Crippen molar-refractivity contribution < 1.29 is 9.66 Å². The maximum atomic E-state index is 11.0. The van der Waals surface area contributed by atoms with Crippen LogP contribution in [0.3, 0.4) is 0 Å². The Kier molecular flexibility index (Phi) is 4.27. The molecule has 0 saturated carbocycles. The van der Waals surface area contributed by atoms with Crippen LogP contribution in [0.5, 0.6) is 5.88 Å². The minimum Gasteiger partial charge on any atom is -0.476 e. The van der Waals surface area contributed by atoms with Gasteiger partial charge in [0.1, 0.15) is 6.33 Å². The molecular weight excluding hydrogens is 336 g/mol. The Morgan fingerprint density at radius 2 is 2.32 bits per heavy atom. The number of anilines is 1. The summed E-state index contributed by atoms with van der Waals surface area (Å²) >= 11 is 4.90. The molecule has 0 unspecified atom stereocenters. The number of methoxy groups -OCH3 is 1. The largest absolute Gasteiger partial charge is 0.476 e. The SMILES string of the molecule is COc1ncnc(NCc2ccc(Br)s2)c1[N+](=O)[O-]. The summed E-state index contributed by atoms with van der Waals surface area (Å²) in [5.74, 6) is 0.0798. The molecule has 1 N–H and O–H groups in total. The highest BCUT2D eigenvalue weighted by Crippen LogP contribution is 2.31. The van der Waals surface area contributed by atoms with Crippen molar-refractivity contribution in [3.05, 3.63) is 37.2 Å². The van der Waals surface area contributed by atoms with Gasteiger partial charge in [-0.2, -0.15) is 4.98 Å².